The Morgan fingerprint density at radius 2 is 1.55 bits per heavy atom. The highest BCUT2D eigenvalue weighted by Gasteiger charge is 2.55. The number of aryl methyl sites for hydroxylation is 1. The zero-order valence-corrected chi connectivity index (χ0v) is 18.7. The molecular formula is C26H33F3N2. The van der Waals surface area contributed by atoms with Crippen molar-refractivity contribution in [3.63, 3.8) is 0 Å². The van der Waals surface area contributed by atoms with Crippen molar-refractivity contribution in [2.75, 3.05) is 13.1 Å². The highest BCUT2D eigenvalue weighted by molar-refractivity contribution is 5.30. The summed E-state index contributed by atoms with van der Waals surface area (Å²) < 4.78 is 38.2. The number of hydrogen-bond acceptors (Lipinski definition) is 2. The van der Waals surface area contributed by atoms with Gasteiger partial charge in [-0.25, -0.2) is 0 Å². The fraction of sp³-hybridized carbons (Fsp3) is 0.500. The van der Waals surface area contributed by atoms with E-state index in [4.69, 9.17) is 5.26 Å². The monoisotopic (exact) mass is 430 g/mol. The Morgan fingerprint density at radius 3 is 2.06 bits per heavy atom. The minimum Gasteiger partial charge on any atom is -0.301 e. The van der Waals surface area contributed by atoms with Gasteiger partial charge in [-0.3, -0.25) is 0 Å². The van der Waals surface area contributed by atoms with Crippen LogP contribution in [-0.2, 0) is 12.8 Å². The molecule has 31 heavy (non-hydrogen) atoms. The molecule has 0 N–H and O–H groups in total. The van der Waals surface area contributed by atoms with E-state index in [2.05, 4.69) is 43.0 Å². The Balaban J connectivity index is 0.00000107. The third-order valence-electron chi connectivity index (χ3n) is 5.79. The fourth-order valence-corrected chi connectivity index (χ4v) is 3.89. The third kappa shape index (κ3) is 8.38. The summed E-state index contributed by atoms with van der Waals surface area (Å²) in [7, 11) is 0. The summed E-state index contributed by atoms with van der Waals surface area (Å²) in [6, 6.07) is 20.6. The number of halogens is 3. The maximum Gasteiger partial charge on any atom is 0.392 e. The van der Waals surface area contributed by atoms with Crippen LogP contribution in [0.15, 0.2) is 54.6 Å². The molecule has 2 atom stereocenters. The second kappa shape index (κ2) is 11.9. The van der Waals surface area contributed by atoms with Gasteiger partial charge in [0, 0.05) is 19.5 Å². The van der Waals surface area contributed by atoms with Gasteiger partial charge in [-0.15, -0.1) is 0 Å². The maximum atomic E-state index is 12.7. The normalized spacial score (nSPS) is 17.8. The van der Waals surface area contributed by atoms with E-state index in [0.717, 1.165) is 37.9 Å². The average Bonchev–Trinajstić information content (AvgIpc) is 3.53. The van der Waals surface area contributed by atoms with Gasteiger partial charge in [0.2, 0.25) is 0 Å². The van der Waals surface area contributed by atoms with Gasteiger partial charge in [-0.2, -0.15) is 18.4 Å². The Bertz CT molecular complexity index is 807. The van der Waals surface area contributed by atoms with E-state index in [9.17, 15) is 13.2 Å². The molecule has 1 saturated carbocycles. The molecule has 0 heterocycles. The van der Waals surface area contributed by atoms with Crippen LogP contribution in [0.4, 0.5) is 13.2 Å². The summed E-state index contributed by atoms with van der Waals surface area (Å²) in [6.07, 6.45) is -0.740. The van der Waals surface area contributed by atoms with E-state index in [1.165, 1.54) is 18.1 Å². The molecular weight excluding hydrogens is 397 g/mol. The van der Waals surface area contributed by atoms with Gasteiger partial charge >= 0.3 is 6.18 Å². The predicted molar refractivity (Wildman–Crippen MR) is 120 cm³/mol. The van der Waals surface area contributed by atoms with Crippen molar-refractivity contribution in [2.24, 2.45) is 5.92 Å². The van der Waals surface area contributed by atoms with Gasteiger partial charge in [0.1, 0.15) is 0 Å². The molecule has 0 aliphatic heterocycles. The topological polar surface area (TPSA) is 27.0 Å². The van der Waals surface area contributed by atoms with Gasteiger partial charge in [0.25, 0.3) is 0 Å². The first-order valence-electron chi connectivity index (χ1n) is 11.0. The SMILES string of the molecule is CC#N.CC(C)N(CCCc1ccc(C2CC2C(F)(F)F)cc1)CCc1ccccc1. The quantitative estimate of drug-likeness (QED) is 0.439. The largest absolute Gasteiger partial charge is 0.392 e. The fourth-order valence-electron chi connectivity index (χ4n) is 3.89. The van der Waals surface area contributed by atoms with E-state index in [1.54, 1.807) is 6.07 Å². The molecule has 1 fully saturated rings. The standard InChI is InChI=1S/C24H30F3N.C2H3N/c1-18(2)28(16-14-19-7-4-3-5-8-19)15-6-9-20-10-12-21(13-11-20)22-17-23(22)24(25,26)27;1-2-3/h3-5,7-8,10-13,18,22-23H,6,9,14-17H2,1-2H3;1H3. The number of alkyl halides is 3. The summed E-state index contributed by atoms with van der Waals surface area (Å²) >= 11 is 0. The number of nitrogens with zero attached hydrogens (tertiary/aromatic N) is 2. The van der Waals surface area contributed by atoms with Crippen LogP contribution < -0.4 is 0 Å². The Morgan fingerprint density at radius 1 is 0.968 bits per heavy atom. The number of benzene rings is 2. The lowest BCUT2D eigenvalue weighted by Crippen LogP contribution is -2.34. The highest BCUT2D eigenvalue weighted by atomic mass is 19.4. The van der Waals surface area contributed by atoms with Gasteiger partial charge in [0.05, 0.1) is 12.0 Å². The van der Waals surface area contributed by atoms with Crippen LogP contribution in [0, 0.1) is 17.2 Å². The van der Waals surface area contributed by atoms with Crippen LogP contribution in [-0.4, -0.2) is 30.2 Å². The molecule has 1 aliphatic rings. The Kier molecular flexibility index (Phi) is 9.58. The van der Waals surface area contributed by atoms with Crippen molar-refractivity contribution in [2.45, 2.75) is 64.6 Å². The van der Waals surface area contributed by atoms with Crippen molar-refractivity contribution in [3.05, 3.63) is 71.3 Å². The first kappa shape index (κ1) is 24.9. The second-order valence-electron chi connectivity index (χ2n) is 8.42. The molecule has 2 aromatic rings. The lowest BCUT2D eigenvalue weighted by molar-refractivity contribution is -0.148. The van der Waals surface area contributed by atoms with Crippen LogP contribution in [0.25, 0.3) is 0 Å². The first-order chi connectivity index (χ1) is 14.8. The second-order valence-corrected chi connectivity index (χ2v) is 8.42. The molecule has 0 bridgehead atoms. The molecule has 2 unspecified atom stereocenters. The van der Waals surface area contributed by atoms with Crippen LogP contribution in [0.3, 0.4) is 0 Å². The van der Waals surface area contributed by atoms with E-state index in [1.807, 2.05) is 30.3 Å². The minimum atomic E-state index is -4.05. The highest BCUT2D eigenvalue weighted by Crippen LogP contribution is 2.56. The molecule has 0 radical (unpaired) electrons. The van der Waals surface area contributed by atoms with Crippen LogP contribution in [0.5, 0.6) is 0 Å². The van der Waals surface area contributed by atoms with E-state index in [-0.39, 0.29) is 12.3 Å². The predicted octanol–water partition coefficient (Wildman–Crippen LogP) is 6.77. The maximum absolute atomic E-state index is 12.7. The molecule has 3 rings (SSSR count). The first-order valence-corrected chi connectivity index (χ1v) is 11.0. The Labute approximate surface area is 184 Å². The molecule has 0 amide bonds. The van der Waals surface area contributed by atoms with Gasteiger partial charge in [-0.05, 0) is 68.7 Å². The summed E-state index contributed by atoms with van der Waals surface area (Å²) in [6.45, 7) is 7.96. The molecule has 2 aromatic carbocycles. The van der Waals surface area contributed by atoms with Crippen molar-refractivity contribution in [1.82, 2.24) is 4.90 Å². The minimum absolute atomic E-state index is 0.244. The molecule has 168 valence electrons. The number of hydrogen-bond donors (Lipinski definition) is 0. The molecule has 5 heteroatoms. The van der Waals surface area contributed by atoms with Crippen molar-refractivity contribution in [1.29, 1.82) is 5.26 Å². The van der Waals surface area contributed by atoms with E-state index < -0.39 is 12.1 Å². The molecule has 0 spiro atoms. The summed E-state index contributed by atoms with van der Waals surface area (Å²) in [4.78, 5) is 2.50. The van der Waals surface area contributed by atoms with Crippen LogP contribution in [0.2, 0.25) is 0 Å². The lowest BCUT2D eigenvalue weighted by atomic mass is 10.0. The molecule has 0 saturated heterocycles. The van der Waals surface area contributed by atoms with Crippen molar-refractivity contribution < 1.29 is 13.2 Å². The molecule has 1 aliphatic carbocycles. The zero-order chi connectivity index (χ0) is 22.9. The van der Waals surface area contributed by atoms with E-state index >= 15 is 0 Å². The van der Waals surface area contributed by atoms with Crippen LogP contribution >= 0.6 is 0 Å². The third-order valence-corrected chi connectivity index (χ3v) is 5.79. The Hall–Kier alpha value is -2.32. The number of nitriles is 1. The average molecular weight is 431 g/mol. The number of rotatable bonds is 9. The lowest BCUT2D eigenvalue weighted by Gasteiger charge is -2.26. The van der Waals surface area contributed by atoms with Gasteiger partial charge < -0.3 is 4.90 Å². The smallest absolute Gasteiger partial charge is 0.301 e. The van der Waals surface area contributed by atoms with Crippen molar-refractivity contribution >= 4 is 0 Å². The summed E-state index contributed by atoms with van der Waals surface area (Å²) in [5, 5.41) is 7.32. The zero-order valence-electron chi connectivity index (χ0n) is 18.7. The van der Waals surface area contributed by atoms with Crippen molar-refractivity contribution in [3.8, 4) is 6.07 Å². The molecule has 0 aromatic heterocycles. The molecule has 2 nitrogen and oxygen atoms in total. The van der Waals surface area contributed by atoms with E-state index in [0.29, 0.717) is 6.04 Å². The summed E-state index contributed by atoms with van der Waals surface area (Å²) in [5.74, 6) is -1.47. The van der Waals surface area contributed by atoms with Crippen LogP contribution in [0.1, 0.15) is 56.2 Å². The van der Waals surface area contributed by atoms with Gasteiger partial charge in [-0.1, -0.05) is 54.6 Å². The van der Waals surface area contributed by atoms with Gasteiger partial charge in [0.15, 0.2) is 0 Å². The summed E-state index contributed by atoms with van der Waals surface area (Å²) in [5.41, 5.74) is 3.40.